The summed E-state index contributed by atoms with van der Waals surface area (Å²) in [5.41, 5.74) is 0.630. The molecule has 0 radical (unpaired) electrons. The third kappa shape index (κ3) is 2.77. The standard InChI is InChI=1S/C9H12N2O3S/c1-3-4-10-8-7(9(12)13)6(5-14-2)11-15-8/h3,10H,1,4-5H2,2H3,(H,12,13). The number of nitrogens with one attached hydrogen (secondary N) is 1. The smallest absolute Gasteiger partial charge is 0.340 e. The van der Waals surface area contributed by atoms with E-state index >= 15 is 0 Å². The molecule has 0 aliphatic heterocycles. The first-order chi connectivity index (χ1) is 7.20. The van der Waals surface area contributed by atoms with Gasteiger partial charge in [0.25, 0.3) is 0 Å². The van der Waals surface area contributed by atoms with Crippen LogP contribution in [-0.4, -0.2) is 29.1 Å². The van der Waals surface area contributed by atoms with Crippen molar-refractivity contribution >= 4 is 22.5 Å². The van der Waals surface area contributed by atoms with Gasteiger partial charge in [-0.05, 0) is 11.5 Å². The fraction of sp³-hybridized carbons (Fsp3) is 0.333. The summed E-state index contributed by atoms with van der Waals surface area (Å²) in [6, 6.07) is 0. The molecular weight excluding hydrogens is 216 g/mol. The van der Waals surface area contributed by atoms with E-state index in [1.807, 2.05) is 0 Å². The summed E-state index contributed by atoms with van der Waals surface area (Å²) < 4.78 is 8.89. The maximum absolute atomic E-state index is 11.0. The molecule has 1 aromatic heterocycles. The highest BCUT2D eigenvalue weighted by Crippen LogP contribution is 2.25. The van der Waals surface area contributed by atoms with Crippen molar-refractivity contribution in [2.75, 3.05) is 19.0 Å². The number of aromatic carboxylic acids is 1. The normalized spacial score (nSPS) is 9.93. The van der Waals surface area contributed by atoms with E-state index in [0.717, 1.165) is 11.5 Å². The van der Waals surface area contributed by atoms with Crippen molar-refractivity contribution in [2.45, 2.75) is 6.61 Å². The lowest BCUT2D eigenvalue weighted by atomic mass is 10.2. The van der Waals surface area contributed by atoms with E-state index < -0.39 is 5.97 Å². The molecule has 1 rings (SSSR count). The third-order valence-corrected chi connectivity index (χ3v) is 2.51. The first-order valence-electron chi connectivity index (χ1n) is 4.26. The highest BCUT2D eigenvalue weighted by molar-refractivity contribution is 7.10. The first kappa shape index (κ1) is 11.7. The summed E-state index contributed by atoms with van der Waals surface area (Å²) in [4.78, 5) is 11.0. The lowest BCUT2D eigenvalue weighted by Crippen LogP contribution is -2.06. The van der Waals surface area contributed by atoms with E-state index in [1.165, 1.54) is 7.11 Å². The third-order valence-electron chi connectivity index (χ3n) is 1.66. The molecule has 1 heterocycles. The minimum atomic E-state index is -0.998. The van der Waals surface area contributed by atoms with Crippen LogP contribution in [0.5, 0.6) is 0 Å². The van der Waals surface area contributed by atoms with Crippen molar-refractivity contribution in [3.05, 3.63) is 23.9 Å². The zero-order valence-corrected chi connectivity index (χ0v) is 9.13. The molecule has 0 amide bonds. The Morgan fingerprint density at radius 3 is 3.07 bits per heavy atom. The predicted octanol–water partition coefficient (Wildman–Crippen LogP) is 1.59. The Balaban J connectivity index is 2.95. The summed E-state index contributed by atoms with van der Waals surface area (Å²) in [6.07, 6.45) is 1.65. The van der Waals surface area contributed by atoms with Gasteiger partial charge in [-0.2, -0.15) is 4.37 Å². The summed E-state index contributed by atoms with van der Waals surface area (Å²) in [7, 11) is 1.50. The maximum Gasteiger partial charge on any atom is 0.340 e. The Hall–Kier alpha value is -1.40. The molecule has 15 heavy (non-hydrogen) atoms. The van der Waals surface area contributed by atoms with Gasteiger partial charge in [0.2, 0.25) is 0 Å². The number of nitrogens with zero attached hydrogens (tertiary/aromatic N) is 1. The minimum Gasteiger partial charge on any atom is -0.478 e. The molecule has 0 aromatic carbocycles. The van der Waals surface area contributed by atoms with Crippen LogP contribution in [0.3, 0.4) is 0 Å². The van der Waals surface area contributed by atoms with E-state index in [4.69, 9.17) is 9.84 Å². The van der Waals surface area contributed by atoms with Crippen molar-refractivity contribution in [3.8, 4) is 0 Å². The Morgan fingerprint density at radius 1 is 1.80 bits per heavy atom. The molecule has 0 saturated heterocycles. The molecule has 0 unspecified atom stereocenters. The topological polar surface area (TPSA) is 71.5 Å². The average molecular weight is 228 g/mol. The number of methoxy groups -OCH3 is 1. The monoisotopic (exact) mass is 228 g/mol. The number of anilines is 1. The molecular formula is C9H12N2O3S. The maximum atomic E-state index is 11.0. The Kier molecular flexibility index (Phi) is 4.26. The van der Waals surface area contributed by atoms with Crippen LogP contribution in [-0.2, 0) is 11.3 Å². The summed E-state index contributed by atoms with van der Waals surface area (Å²) in [6.45, 7) is 4.25. The molecule has 0 aliphatic rings. The van der Waals surface area contributed by atoms with Gasteiger partial charge in [0, 0.05) is 13.7 Å². The van der Waals surface area contributed by atoms with Gasteiger partial charge < -0.3 is 15.2 Å². The van der Waals surface area contributed by atoms with Gasteiger partial charge in [0.15, 0.2) is 0 Å². The highest BCUT2D eigenvalue weighted by atomic mass is 32.1. The largest absolute Gasteiger partial charge is 0.478 e. The van der Waals surface area contributed by atoms with Crippen LogP contribution < -0.4 is 5.32 Å². The van der Waals surface area contributed by atoms with Gasteiger partial charge >= 0.3 is 5.97 Å². The predicted molar refractivity (Wildman–Crippen MR) is 58.5 cm³/mol. The van der Waals surface area contributed by atoms with Crippen molar-refractivity contribution < 1.29 is 14.6 Å². The van der Waals surface area contributed by atoms with Crippen LogP contribution in [0.2, 0.25) is 0 Å². The molecule has 0 fully saturated rings. The van der Waals surface area contributed by atoms with Crippen molar-refractivity contribution in [3.63, 3.8) is 0 Å². The van der Waals surface area contributed by atoms with E-state index in [9.17, 15) is 4.79 Å². The van der Waals surface area contributed by atoms with Crippen molar-refractivity contribution in [1.82, 2.24) is 4.37 Å². The molecule has 1 aromatic rings. The highest BCUT2D eigenvalue weighted by Gasteiger charge is 2.19. The molecule has 0 atom stereocenters. The van der Waals surface area contributed by atoms with Gasteiger partial charge in [0.05, 0.1) is 12.3 Å². The average Bonchev–Trinajstić information content (AvgIpc) is 2.58. The molecule has 5 nitrogen and oxygen atoms in total. The number of carbonyl (C=O) groups is 1. The lowest BCUT2D eigenvalue weighted by Gasteiger charge is -2.01. The van der Waals surface area contributed by atoms with Crippen LogP contribution >= 0.6 is 11.5 Å². The number of hydrogen-bond donors (Lipinski definition) is 2. The second-order valence-corrected chi connectivity index (χ2v) is 3.51. The summed E-state index contributed by atoms with van der Waals surface area (Å²) in [5, 5.41) is 12.5. The van der Waals surface area contributed by atoms with Gasteiger partial charge in [0.1, 0.15) is 10.6 Å². The molecule has 0 spiro atoms. The fourth-order valence-electron chi connectivity index (χ4n) is 1.06. The molecule has 0 bridgehead atoms. The minimum absolute atomic E-state index is 0.184. The first-order valence-corrected chi connectivity index (χ1v) is 5.03. The van der Waals surface area contributed by atoms with E-state index in [-0.39, 0.29) is 12.2 Å². The van der Waals surface area contributed by atoms with Gasteiger partial charge in [-0.15, -0.1) is 6.58 Å². The zero-order valence-electron chi connectivity index (χ0n) is 8.32. The van der Waals surface area contributed by atoms with E-state index in [0.29, 0.717) is 17.2 Å². The van der Waals surface area contributed by atoms with Crippen LogP contribution in [0.1, 0.15) is 16.1 Å². The number of aromatic nitrogens is 1. The fourth-order valence-corrected chi connectivity index (χ4v) is 1.85. The zero-order chi connectivity index (χ0) is 11.3. The molecule has 82 valence electrons. The second-order valence-electron chi connectivity index (χ2n) is 2.74. The number of rotatable bonds is 6. The number of carboxylic acid groups (broad SMARTS) is 1. The van der Waals surface area contributed by atoms with Crippen LogP contribution in [0.4, 0.5) is 5.00 Å². The lowest BCUT2D eigenvalue weighted by molar-refractivity contribution is 0.0693. The molecule has 0 saturated carbocycles. The van der Waals surface area contributed by atoms with Crippen molar-refractivity contribution in [1.29, 1.82) is 0 Å². The quantitative estimate of drug-likeness (QED) is 0.723. The van der Waals surface area contributed by atoms with Gasteiger partial charge in [-0.25, -0.2) is 4.79 Å². The van der Waals surface area contributed by atoms with Gasteiger partial charge in [-0.3, -0.25) is 0 Å². The number of ether oxygens (including phenoxy) is 1. The van der Waals surface area contributed by atoms with Crippen LogP contribution in [0.15, 0.2) is 12.7 Å². The Morgan fingerprint density at radius 2 is 2.53 bits per heavy atom. The van der Waals surface area contributed by atoms with E-state index in [2.05, 4.69) is 16.3 Å². The summed E-state index contributed by atoms with van der Waals surface area (Å²) >= 11 is 1.11. The van der Waals surface area contributed by atoms with Crippen molar-refractivity contribution in [2.24, 2.45) is 0 Å². The molecule has 2 N–H and O–H groups in total. The number of hydrogen-bond acceptors (Lipinski definition) is 5. The van der Waals surface area contributed by atoms with Crippen LogP contribution in [0, 0.1) is 0 Å². The Labute approximate surface area is 91.6 Å². The molecule has 6 heteroatoms. The van der Waals surface area contributed by atoms with Gasteiger partial charge in [-0.1, -0.05) is 6.08 Å². The summed E-state index contributed by atoms with van der Waals surface area (Å²) in [5.74, 6) is -0.998. The van der Waals surface area contributed by atoms with Crippen LogP contribution in [0.25, 0.3) is 0 Å². The molecule has 0 aliphatic carbocycles. The second kappa shape index (κ2) is 5.47. The Bertz CT molecular complexity index is 362. The van der Waals surface area contributed by atoms with E-state index in [1.54, 1.807) is 6.08 Å². The number of carboxylic acids is 1. The SMILES string of the molecule is C=CCNc1snc(COC)c1C(=O)O.